The molecule has 0 aliphatic rings. The number of carbonyl (C=O) groups is 1. The summed E-state index contributed by atoms with van der Waals surface area (Å²) in [5, 5.41) is 2.61. The number of nitrogens with one attached hydrogen (secondary N) is 1. The molecule has 2 aromatic carbocycles. The van der Waals surface area contributed by atoms with Crippen LogP contribution in [0.5, 0.6) is 5.75 Å². The lowest BCUT2D eigenvalue weighted by Gasteiger charge is -2.09. The maximum Gasteiger partial charge on any atom is 0.294 e. The molecular weight excluding hydrogens is 342 g/mol. The number of hydrogen-bond donors (Lipinski definition) is 2. The van der Waals surface area contributed by atoms with Gasteiger partial charge in [0, 0.05) is 11.3 Å². The maximum absolute atomic E-state index is 12.3. The predicted octanol–water partition coefficient (Wildman–Crippen LogP) is 3.67. The molecule has 0 aliphatic carbocycles. The summed E-state index contributed by atoms with van der Waals surface area (Å²) in [5.41, 5.74) is 1.09. The van der Waals surface area contributed by atoms with Crippen molar-refractivity contribution < 1.29 is 22.5 Å². The van der Waals surface area contributed by atoms with Crippen LogP contribution in [0.1, 0.15) is 35.7 Å². The van der Waals surface area contributed by atoms with Crippen LogP contribution in [0.15, 0.2) is 47.4 Å². The minimum Gasteiger partial charge on any atom is -0.494 e. The van der Waals surface area contributed by atoms with Crippen LogP contribution in [-0.4, -0.2) is 25.5 Å². The van der Waals surface area contributed by atoms with Crippen molar-refractivity contribution in [1.82, 2.24) is 0 Å². The summed E-state index contributed by atoms with van der Waals surface area (Å²) in [6.45, 7) is 4.27. The van der Waals surface area contributed by atoms with Crippen molar-refractivity contribution in [2.75, 3.05) is 11.9 Å². The lowest BCUT2D eigenvalue weighted by Crippen LogP contribution is -2.12. The fourth-order valence-corrected chi connectivity index (χ4v) is 2.95. The highest BCUT2D eigenvalue weighted by molar-refractivity contribution is 7.85. The first-order valence-electron chi connectivity index (χ1n) is 7.93. The number of rotatable bonds is 7. The van der Waals surface area contributed by atoms with Crippen molar-refractivity contribution in [3.05, 3.63) is 53.6 Å². The van der Waals surface area contributed by atoms with Crippen molar-refractivity contribution in [3.8, 4) is 5.75 Å². The van der Waals surface area contributed by atoms with E-state index in [2.05, 4.69) is 12.2 Å². The Morgan fingerprint density at radius 1 is 1.16 bits per heavy atom. The summed E-state index contributed by atoms with van der Waals surface area (Å²) in [7, 11) is -4.34. The van der Waals surface area contributed by atoms with Crippen LogP contribution in [0.3, 0.4) is 0 Å². The second-order valence-corrected chi connectivity index (χ2v) is 7.03. The zero-order valence-corrected chi connectivity index (χ0v) is 15.0. The molecule has 0 atom stereocenters. The monoisotopic (exact) mass is 363 g/mol. The zero-order chi connectivity index (χ0) is 18.4. The largest absolute Gasteiger partial charge is 0.494 e. The number of ether oxygens (including phenoxy) is 1. The maximum atomic E-state index is 12.3. The van der Waals surface area contributed by atoms with Crippen molar-refractivity contribution in [3.63, 3.8) is 0 Å². The third-order valence-electron chi connectivity index (χ3n) is 3.61. The molecule has 0 bridgehead atoms. The summed E-state index contributed by atoms with van der Waals surface area (Å²) >= 11 is 0. The van der Waals surface area contributed by atoms with Gasteiger partial charge in [-0.25, -0.2) is 0 Å². The molecule has 2 aromatic rings. The van der Waals surface area contributed by atoms with Gasteiger partial charge >= 0.3 is 0 Å². The van der Waals surface area contributed by atoms with Crippen molar-refractivity contribution in [2.45, 2.75) is 31.6 Å². The molecule has 2 N–H and O–H groups in total. The van der Waals surface area contributed by atoms with Gasteiger partial charge in [-0.15, -0.1) is 0 Å². The van der Waals surface area contributed by atoms with E-state index in [0.717, 1.165) is 12.8 Å². The molecule has 0 fully saturated rings. The molecule has 1 amide bonds. The van der Waals surface area contributed by atoms with E-state index < -0.39 is 10.1 Å². The van der Waals surface area contributed by atoms with Gasteiger partial charge in [0.15, 0.2) is 0 Å². The summed E-state index contributed by atoms with van der Waals surface area (Å²) in [6, 6.07) is 11.0. The van der Waals surface area contributed by atoms with E-state index in [1.165, 1.54) is 12.1 Å². The molecule has 0 saturated carbocycles. The lowest BCUT2D eigenvalue weighted by atomic mass is 10.2. The molecule has 0 unspecified atom stereocenters. The molecule has 0 aliphatic heterocycles. The topological polar surface area (TPSA) is 92.7 Å². The zero-order valence-electron chi connectivity index (χ0n) is 14.2. The summed E-state index contributed by atoms with van der Waals surface area (Å²) < 4.78 is 37.4. The second kappa shape index (κ2) is 8.13. The predicted molar refractivity (Wildman–Crippen MR) is 95.8 cm³/mol. The fraction of sp³-hybridized carbons (Fsp3) is 0.278. The molecule has 6 nitrogen and oxygen atoms in total. The standard InChI is InChI=1S/C18H21NO5S/c1-3-4-11-24-16-9-6-14(7-10-16)18(20)19-15-8-5-13(2)17(12-15)25(21,22)23/h5-10,12H,3-4,11H2,1-2H3,(H,19,20)(H,21,22,23). The Morgan fingerprint density at radius 3 is 2.44 bits per heavy atom. The van der Waals surface area contributed by atoms with Crippen molar-refractivity contribution >= 4 is 21.7 Å². The van der Waals surface area contributed by atoms with E-state index in [9.17, 15) is 17.8 Å². The molecule has 0 heterocycles. The van der Waals surface area contributed by atoms with E-state index in [1.54, 1.807) is 37.3 Å². The third kappa shape index (κ3) is 5.30. The van der Waals surface area contributed by atoms with Crippen LogP contribution in [0.25, 0.3) is 0 Å². The highest BCUT2D eigenvalue weighted by Gasteiger charge is 2.15. The minimum absolute atomic E-state index is 0.232. The fourth-order valence-electron chi connectivity index (χ4n) is 2.20. The second-order valence-electron chi connectivity index (χ2n) is 5.64. The Hall–Kier alpha value is -2.38. The number of anilines is 1. The normalized spacial score (nSPS) is 11.2. The summed E-state index contributed by atoms with van der Waals surface area (Å²) in [4.78, 5) is 12.0. The number of carbonyl (C=O) groups excluding carboxylic acids is 1. The molecular formula is C18H21NO5S. The lowest BCUT2D eigenvalue weighted by molar-refractivity contribution is 0.102. The smallest absolute Gasteiger partial charge is 0.294 e. The highest BCUT2D eigenvalue weighted by atomic mass is 32.2. The number of benzene rings is 2. The van der Waals surface area contributed by atoms with Gasteiger partial charge in [-0.3, -0.25) is 9.35 Å². The first kappa shape index (κ1) is 19.0. The van der Waals surface area contributed by atoms with Crippen LogP contribution in [0.2, 0.25) is 0 Å². The van der Waals surface area contributed by atoms with Gasteiger partial charge < -0.3 is 10.1 Å². The summed E-state index contributed by atoms with van der Waals surface area (Å²) in [5.74, 6) is 0.305. The summed E-state index contributed by atoms with van der Waals surface area (Å²) in [6.07, 6.45) is 2.01. The van der Waals surface area contributed by atoms with Crippen LogP contribution >= 0.6 is 0 Å². The van der Waals surface area contributed by atoms with Crippen LogP contribution in [-0.2, 0) is 10.1 Å². The molecule has 7 heteroatoms. The van der Waals surface area contributed by atoms with Crippen LogP contribution in [0, 0.1) is 6.92 Å². The number of aryl methyl sites for hydroxylation is 1. The molecule has 134 valence electrons. The van der Waals surface area contributed by atoms with E-state index >= 15 is 0 Å². The van der Waals surface area contributed by atoms with Crippen LogP contribution in [0.4, 0.5) is 5.69 Å². The number of unbranched alkanes of at least 4 members (excludes halogenated alkanes) is 1. The van der Waals surface area contributed by atoms with E-state index in [0.29, 0.717) is 23.5 Å². The van der Waals surface area contributed by atoms with Crippen LogP contribution < -0.4 is 10.1 Å². The van der Waals surface area contributed by atoms with Gasteiger partial charge in [-0.05, 0) is 55.3 Å². The molecule has 0 aromatic heterocycles. The van der Waals surface area contributed by atoms with Crippen molar-refractivity contribution in [1.29, 1.82) is 0 Å². The first-order valence-corrected chi connectivity index (χ1v) is 9.37. The Bertz CT molecular complexity index is 844. The van der Waals surface area contributed by atoms with E-state index in [1.807, 2.05) is 0 Å². The Labute approximate surface area is 147 Å². The van der Waals surface area contributed by atoms with Crippen molar-refractivity contribution in [2.24, 2.45) is 0 Å². The van der Waals surface area contributed by atoms with E-state index in [4.69, 9.17) is 4.74 Å². The third-order valence-corrected chi connectivity index (χ3v) is 4.60. The molecule has 25 heavy (non-hydrogen) atoms. The quantitative estimate of drug-likeness (QED) is 0.578. The molecule has 0 spiro atoms. The Morgan fingerprint density at radius 2 is 1.84 bits per heavy atom. The average molecular weight is 363 g/mol. The van der Waals surface area contributed by atoms with Gasteiger partial charge in [0.1, 0.15) is 5.75 Å². The van der Waals surface area contributed by atoms with Gasteiger partial charge in [-0.1, -0.05) is 19.4 Å². The molecule has 0 saturated heterocycles. The Kier molecular flexibility index (Phi) is 6.17. The number of hydrogen-bond acceptors (Lipinski definition) is 4. The first-order chi connectivity index (χ1) is 11.8. The van der Waals surface area contributed by atoms with Gasteiger partial charge in [0.05, 0.1) is 11.5 Å². The number of amides is 1. The van der Waals surface area contributed by atoms with Gasteiger partial charge in [0.2, 0.25) is 0 Å². The Balaban J connectivity index is 2.09. The SMILES string of the molecule is CCCCOc1ccc(C(=O)Nc2ccc(C)c(S(=O)(=O)O)c2)cc1. The molecule has 2 rings (SSSR count). The van der Waals surface area contributed by atoms with Gasteiger partial charge in [0.25, 0.3) is 16.0 Å². The molecule has 0 radical (unpaired) electrons. The highest BCUT2D eigenvalue weighted by Crippen LogP contribution is 2.21. The van der Waals surface area contributed by atoms with Gasteiger partial charge in [-0.2, -0.15) is 8.42 Å². The van der Waals surface area contributed by atoms with E-state index in [-0.39, 0.29) is 16.5 Å². The average Bonchev–Trinajstić information content (AvgIpc) is 2.56. The minimum atomic E-state index is -4.34.